The van der Waals surface area contributed by atoms with Crippen molar-refractivity contribution in [1.82, 2.24) is 14.5 Å². The quantitative estimate of drug-likeness (QED) is 0.860. The lowest BCUT2D eigenvalue weighted by atomic mass is 10.4. The number of thioether (sulfide) groups is 1. The second-order valence-corrected chi connectivity index (χ2v) is 4.95. The first kappa shape index (κ1) is 14.0. The van der Waals surface area contributed by atoms with Gasteiger partial charge in [-0.25, -0.2) is 18.7 Å². The van der Waals surface area contributed by atoms with Crippen molar-refractivity contribution in [2.45, 2.75) is 18.1 Å². The van der Waals surface area contributed by atoms with Gasteiger partial charge in [-0.3, -0.25) is 9.36 Å². The van der Waals surface area contributed by atoms with Gasteiger partial charge in [0.1, 0.15) is 5.52 Å². The lowest BCUT2D eigenvalue weighted by molar-refractivity contribution is -0.133. The zero-order chi connectivity index (χ0) is 14.0. The van der Waals surface area contributed by atoms with Gasteiger partial charge in [0.15, 0.2) is 10.8 Å². The van der Waals surface area contributed by atoms with Crippen molar-refractivity contribution in [3.05, 3.63) is 17.3 Å². The lowest BCUT2D eigenvalue weighted by Crippen LogP contribution is -2.09. The standard InChI is InChI=1S/C10H8ClF2N3O2S/c11-5-1-6-9(14-2-5)16(3-7(12)13)10(15-6)19-4-8(17)18/h1-2,7H,3-4H2,(H,17,18). The zero-order valence-electron chi connectivity index (χ0n) is 9.39. The number of aromatic nitrogens is 3. The highest BCUT2D eigenvalue weighted by Crippen LogP contribution is 2.25. The number of carboxylic acid groups (broad SMARTS) is 1. The van der Waals surface area contributed by atoms with Crippen LogP contribution in [0.1, 0.15) is 0 Å². The van der Waals surface area contributed by atoms with E-state index in [4.69, 9.17) is 16.7 Å². The molecule has 102 valence electrons. The Bertz CT molecular complexity index is 620. The average molecular weight is 308 g/mol. The van der Waals surface area contributed by atoms with Crippen LogP contribution in [0.4, 0.5) is 8.78 Å². The Morgan fingerprint density at radius 1 is 1.58 bits per heavy atom. The molecule has 0 fully saturated rings. The van der Waals surface area contributed by atoms with Crippen LogP contribution in [-0.2, 0) is 11.3 Å². The van der Waals surface area contributed by atoms with E-state index in [1.165, 1.54) is 16.8 Å². The second kappa shape index (κ2) is 5.70. The Labute approximate surface area is 115 Å². The predicted molar refractivity (Wildman–Crippen MR) is 66.9 cm³/mol. The van der Waals surface area contributed by atoms with E-state index in [1.54, 1.807) is 0 Å². The van der Waals surface area contributed by atoms with Gasteiger partial charge in [0.2, 0.25) is 0 Å². The molecule has 0 atom stereocenters. The summed E-state index contributed by atoms with van der Waals surface area (Å²) in [6.45, 7) is -0.590. The highest BCUT2D eigenvalue weighted by molar-refractivity contribution is 7.99. The molecule has 2 heterocycles. The molecule has 0 aromatic carbocycles. The first-order valence-corrected chi connectivity index (χ1v) is 6.48. The summed E-state index contributed by atoms with van der Waals surface area (Å²) in [5.74, 6) is -1.31. The van der Waals surface area contributed by atoms with Crippen LogP contribution in [0.5, 0.6) is 0 Å². The second-order valence-electron chi connectivity index (χ2n) is 3.57. The van der Waals surface area contributed by atoms with E-state index in [1.807, 2.05) is 0 Å². The third kappa shape index (κ3) is 3.32. The molecule has 2 aromatic rings. The molecule has 5 nitrogen and oxygen atoms in total. The van der Waals surface area contributed by atoms with Gasteiger partial charge in [-0.2, -0.15) is 0 Å². The SMILES string of the molecule is O=C(O)CSc1nc2cc(Cl)cnc2n1CC(F)F. The molecular weight excluding hydrogens is 300 g/mol. The van der Waals surface area contributed by atoms with Crippen LogP contribution in [0, 0.1) is 0 Å². The van der Waals surface area contributed by atoms with Crippen LogP contribution in [0.15, 0.2) is 17.4 Å². The summed E-state index contributed by atoms with van der Waals surface area (Å²) >= 11 is 6.62. The van der Waals surface area contributed by atoms with Crippen LogP contribution >= 0.6 is 23.4 Å². The number of carbonyl (C=O) groups is 1. The van der Waals surface area contributed by atoms with Crippen LogP contribution < -0.4 is 0 Å². The number of rotatable bonds is 5. The van der Waals surface area contributed by atoms with E-state index in [9.17, 15) is 13.6 Å². The number of hydrogen-bond donors (Lipinski definition) is 1. The highest BCUT2D eigenvalue weighted by Gasteiger charge is 2.17. The minimum Gasteiger partial charge on any atom is -0.481 e. The zero-order valence-corrected chi connectivity index (χ0v) is 11.0. The van der Waals surface area contributed by atoms with E-state index in [0.717, 1.165) is 11.8 Å². The number of imidazole rings is 1. The van der Waals surface area contributed by atoms with E-state index in [0.29, 0.717) is 10.5 Å². The minimum absolute atomic E-state index is 0.187. The Balaban J connectivity index is 2.44. The van der Waals surface area contributed by atoms with Gasteiger partial charge >= 0.3 is 5.97 Å². The van der Waals surface area contributed by atoms with Crippen molar-refractivity contribution >= 4 is 40.5 Å². The molecule has 0 bridgehead atoms. The molecule has 9 heteroatoms. The Kier molecular flexibility index (Phi) is 4.20. The fourth-order valence-electron chi connectivity index (χ4n) is 1.50. The van der Waals surface area contributed by atoms with Crippen LogP contribution in [0.25, 0.3) is 11.2 Å². The predicted octanol–water partition coefficient (Wildman–Crippen LogP) is 2.53. The van der Waals surface area contributed by atoms with Crippen LogP contribution in [0.3, 0.4) is 0 Å². The summed E-state index contributed by atoms with van der Waals surface area (Å²) in [6.07, 6.45) is -1.25. The highest BCUT2D eigenvalue weighted by atomic mass is 35.5. The fourth-order valence-corrected chi connectivity index (χ4v) is 2.39. The Hall–Kier alpha value is -1.41. The summed E-state index contributed by atoms with van der Waals surface area (Å²) in [4.78, 5) is 18.6. The molecule has 0 radical (unpaired) electrons. The third-order valence-corrected chi connectivity index (χ3v) is 3.33. The average Bonchev–Trinajstić information content (AvgIpc) is 2.63. The molecule has 2 aromatic heterocycles. The number of nitrogens with zero attached hydrogens (tertiary/aromatic N) is 3. The van der Waals surface area contributed by atoms with Gasteiger partial charge in [-0.1, -0.05) is 23.4 Å². The molecule has 0 saturated carbocycles. The van der Waals surface area contributed by atoms with Gasteiger partial charge in [0.05, 0.1) is 17.3 Å². The number of carboxylic acids is 1. The van der Waals surface area contributed by atoms with Gasteiger partial charge < -0.3 is 5.11 Å². The summed E-state index contributed by atoms with van der Waals surface area (Å²) in [5.41, 5.74) is 0.624. The lowest BCUT2D eigenvalue weighted by Gasteiger charge is -2.06. The maximum absolute atomic E-state index is 12.6. The molecule has 2 rings (SSSR count). The summed E-state index contributed by atoms with van der Waals surface area (Å²) in [7, 11) is 0. The van der Waals surface area contributed by atoms with Gasteiger partial charge in [0.25, 0.3) is 6.43 Å². The third-order valence-electron chi connectivity index (χ3n) is 2.16. The number of halogens is 3. The smallest absolute Gasteiger partial charge is 0.313 e. The molecule has 0 unspecified atom stereocenters. The van der Waals surface area contributed by atoms with Crippen molar-refractivity contribution in [1.29, 1.82) is 0 Å². The molecular formula is C10H8ClF2N3O2S. The van der Waals surface area contributed by atoms with Crippen molar-refractivity contribution in [2.75, 3.05) is 5.75 Å². The first-order valence-electron chi connectivity index (χ1n) is 5.12. The molecule has 0 saturated heterocycles. The van der Waals surface area contributed by atoms with Crippen molar-refractivity contribution in [3.63, 3.8) is 0 Å². The normalized spacial score (nSPS) is 11.4. The van der Waals surface area contributed by atoms with E-state index in [-0.39, 0.29) is 16.6 Å². The monoisotopic (exact) mass is 307 g/mol. The molecule has 0 aliphatic carbocycles. The van der Waals surface area contributed by atoms with Gasteiger partial charge in [-0.05, 0) is 6.07 Å². The Morgan fingerprint density at radius 2 is 2.32 bits per heavy atom. The summed E-state index contributed by atoms with van der Waals surface area (Å²) < 4.78 is 26.3. The number of hydrogen-bond acceptors (Lipinski definition) is 4. The van der Waals surface area contributed by atoms with Crippen LogP contribution in [0.2, 0.25) is 5.02 Å². The van der Waals surface area contributed by atoms with E-state index < -0.39 is 18.9 Å². The number of aliphatic carboxylic acids is 1. The van der Waals surface area contributed by atoms with Crippen LogP contribution in [-0.4, -0.2) is 37.8 Å². The van der Waals surface area contributed by atoms with Crippen molar-refractivity contribution in [3.8, 4) is 0 Å². The number of alkyl halides is 2. The molecule has 0 amide bonds. The summed E-state index contributed by atoms with van der Waals surface area (Å²) in [6, 6.07) is 1.50. The molecule has 19 heavy (non-hydrogen) atoms. The van der Waals surface area contributed by atoms with E-state index >= 15 is 0 Å². The largest absolute Gasteiger partial charge is 0.481 e. The Morgan fingerprint density at radius 3 is 2.95 bits per heavy atom. The number of pyridine rings is 1. The first-order chi connectivity index (χ1) is 8.97. The van der Waals surface area contributed by atoms with Crippen molar-refractivity contribution < 1.29 is 18.7 Å². The number of fused-ring (bicyclic) bond motifs is 1. The van der Waals surface area contributed by atoms with E-state index in [2.05, 4.69) is 9.97 Å². The maximum atomic E-state index is 12.6. The topological polar surface area (TPSA) is 68.0 Å². The van der Waals surface area contributed by atoms with Crippen molar-refractivity contribution in [2.24, 2.45) is 0 Å². The fraction of sp³-hybridized carbons (Fsp3) is 0.300. The van der Waals surface area contributed by atoms with Gasteiger partial charge in [0, 0.05) is 6.20 Å². The molecule has 0 aliphatic rings. The minimum atomic E-state index is -2.58. The van der Waals surface area contributed by atoms with Gasteiger partial charge in [-0.15, -0.1) is 0 Å². The molecule has 0 spiro atoms. The maximum Gasteiger partial charge on any atom is 0.313 e. The summed E-state index contributed by atoms with van der Waals surface area (Å²) in [5, 5.41) is 9.15. The molecule has 0 aliphatic heterocycles. The molecule has 1 N–H and O–H groups in total.